The van der Waals surface area contributed by atoms with Crippen LogP contribution >= 0.6 is 0 Å². The molecule has 128 valence electrons. The van der Waals surface area contributed by atoms with Gasteiger partial charge < -0.3 is 15.3 Å². The van der Waals surface area contributed by atoms with Gasteiger partial charge in [-0.1, -0.05) is 33.6 Å². The van der Waals surface area contributed by atoms with Crippen LogP contribution in [-0.4, -0.2) is 33.2 Å². The maximum absolute atomic E-state index is 9.60. The molecule has 0 heterocycles. The van der Waals surface area contributed by atoms with Gasteiger partial charge in [-0.3, -0.25) is 0 Å². The van der Waals surface area contributed by atoms with Crippen LogP contribution in [0, 0.1) is 0 Å². The molecule has 0 rings (SSSR count). The molecule has 0 saturated heterocycles. The molecule has 0 saturated carbocycles. The number of carboxylic acids is 3. The summed E-state index contributed by atoms with van der Waals surface area (Å²) in [4.78, 5) is 28.8. The molecule has 0 aromatic carbocycles. The Labute approximate surface area is 132 Å². The van der Waals surface area contributed by atoms with Gasteiger partial charge in [-0.2, -0.15) is 0 Å². The molecule has 0 unspecified atom stereocenters. The van der Waals surface area contributed by atoms with Crippen LogP contribution in [0.3, 0.4) is 0 Å². The van der Waals surface area contributed by atoms with Crippen molar-refractivity contribution in [3.8, 4) is 0 Å². The molecule has 0 aromatic rings. The third-order valence-corrected chi connectivity index (χ3v) is 1.10. The minimum absolute atomic E-state index is 0.176. The molecule has 0 aliphatic heterocycles. The second kappa shape index (κ2) is 23.5. The van der Waals surface area contributed by atoms with Gasteiger partial charge >= 0.3 is 17.9 Å². The first-order valence-electron chi connectivity index (χ1n) is 6.09. The van der Waals surface area contributed by atoms with Crippen LogP contribution in [0.1, 0.15) is 34.6 Å². The highest BCUT2D eigenvalue weighted by molar-refractivity contribution is 5.85. The molecule has 6 heteroatoms. The number of carbonyl (C=O) groups is 3. The fourth-order valence-corrected chi connectivity index (χ4v) is 0. The third-order valence-electron chi connectivity index (χ3n) is 1.10. The molecule has 6 nitrogen and oxygen atoms in total. The second-order valence-corrected chi connectivity index (χ2v) is 3.26. The van der Waals surface area contributed by atoms with Crippen molar-refractivity contribution in [3.05, 3.63) is 49.6 Å². The van der Waals surface area contributed by atoms with Crippen molar-refractivity contribution in [1.29, 1.82) is 0 Å². The van der Waals surface area contributed by atoms with Crippen LogP contribution in [0.15, 0.2) is 49.6 Å². The Morgan fingerprint density at radius 3 is 0.636 bits per heavy atom. The van der Waals surface area contributed by atoms with Gasteiger partial charge in [0, 0.05) is 16.7 Å². The highest BCUT2D eigenvalue weighted by Gasteiger charge is 1.91. The molecular weight excluding hydrogens is 288 g/mol. The largest absolute Gasteiger partial charge is 0.478 e. The van der Waals surface area contributed by atoms with Gasteiger partial charge in [0.05, 0.1) is 0 Å². The Morgan fingerprint density at radius 2 is 0.636 bits per heavy atom. The molecule has 0 bridgehead atoms. The predicted molar refractivity (Wildman–Crippen MR) is 90.0 cm³/mol. The monoisotopic (exact) mass is 316 g/mol. The summed E-state index contributed by atoms with van der Waals surface area (Å²) in [5, 5.41) is 23.7. The van der Waals surface area contributed by atoms with E-state index in [2.05, 4.69) is 32.9 Å². The van der Waals surface area contributed by atoms with E-state index in [4.69, 9.17) is 15.3 Å². The van der Waals surface area contributed by atoms with Crippen molar-refractivity contribution < 1.29 is 29.7 Å². The van der Waals surface area contributed by atoms with Crippen molar-refractivity contribution in [1.82, 2.24) is 0 Å². The molecule has 0 fully saturated rings. The van der Waals surface area contributed by atoms with Gasteiger partial charge in [0.2, 0.25) is 0 Å². The van der Waals surface area contributed by atoms with Gasteiger partial charge in [-0.25, -0.2) is 14.4 Å². The lowest BCUT2D eigenvalue weighted by Gasteiger charge is -1.79. The van der Waals surface area contributed by atoms with Crippen LogP contribution in [0.25, 0.3) is 0 Å². The highest BCUT2D eigenvalue weighted by atomic mass is 16.4. The fraction of sp³-hybridized carbons (Fsp3) is 0.312. The minimum atomic E-state index is -0.935. The quantitative estimate of drug-likeness (QED) is 0.539. The van der Waals surface area contributed by atoms with E-state index in [0.717, 1.165) is 0 Å². The van der Waals surface area contributed by atoms with E-state index in [1.165, 1.54) is 20.8 Å². The second-order valence-electron chi connectivity index (χ2n) is 3.26. The zero-order valence-electron chi connectivity index (χ0n) is 14.1. The summed E-state index contributed by atoms with van der Waals surface area (Å²) in [7, 11) is 0. The first-order valence-corrected chi connectivity index (χ1v) is 6.09. The fourth-order valence-electron chi connectivity index (χ4n) is 0. The molecule has 0 aliphatic carbocycles. The van der Waals surface area contributed by atoms with E-state index in [0.29, 0.717) is 0 Å². The Hall–Kier alpha value is -2.63. The lowest BCUT2D eigenvalue weighted by Crippen LogP contribution is -1.92. The zero-order valence-corrected chi connectivity index (χ0v) is 14.1. The highest BCUT2D eigenvalue weighted by Crippen LogP contribution is 1.82. The Bertz CT molecular complexity index is 287. The smallest absolute Gasteiger partial charge is 0.330 e. The van der Waals surface area contributed by atoms with Crippen molar-refractivity contribution in [2.75, 3.05) is 0 Å². The van der Waals surface area contributed by atoms with Crippen LogP contribution in [0.4, 0.5) is 0 Å². The van der Waals surface area contributed by atoms with Crippen molar-refractivity contribution in [3.63, 3.8) is 0 Å². The number of aliphatic carboxylic acids is 3. The Morgan fingerprint density at radius 1 is 0.591 bits per heavy atom. The van der Waals surface area contributed by atoms with Crippen molar-refractivity contribution >= 4 is 17.9 Å². The van der Waals surface area contributed by atoms with Crippen molar-refractivity contribution in [2.45, 2.75) is 34.6 Å². The summed E-state index contributed by atoms with van der Waals surface area (Å²) in [5.74, 6) is -2.81. The number of carboxylic acid groups (broad SMARTS) is 3. The van der Waals surface area contributed by atoms with E-state index in [-0.39, 0.29) is 16.7 Å². The topological polar surface area (TPSA) is 112 Å². The first kappa shape index (κ1) is 31.7. The number of hydrogen-bond donors (Lipinski definition) is 3. The SMILES string of the molecule is C=C.C=C(C)C(=O)O.C=C(C)C(=O)O.C=C(C)C(=O)O.CC. The molecule has 3 N–H and O–H groups in total. The molecule has 0 aliphatic rings. The third kappa shape index (κ3) is 53.0. The van der Waals surface area contributed by atoms with Gasteiger partial charge in [0.25, 0.3) is 0 Å². The molecule has 22 heavy (non-hydrogen) atoms. The molecular formula is C16H28O6. The van der Waals surface area contributed by atoms with E-state index in [9.17, 15) is 14.4 Å². The van der Waals surface area contributed by atoms with Gasteiger partial charge in [0.1, 0.15) is 0 Å². The summed E-state index contributed by atoms with van der Waals surface area (Å²) in [5.41, 5.74) is 0.528. The average Bonchev–Trinajstić information content (AvgIpc) is 2.44. The molecule has 0 amide bonds. The summed E-state index contributed by atoms with van der Waals surface area (Å²) in [6, 6.07) is 0. The Balaban J connectivity index is -0.0000000588. The lowest BCUT2D eigenvalue weighted by atomic mass is 10.4. The van der Waals surface area contributed by atoms with Gasteiger partial charge in [-0.15, -0.1) is 13.2 Å². The van der Waals surface area contributed by atoms with E-state index in [1.54, 1.807) is 0 Å². The van der Waals surface area contributed by atoms with Crippen LogP contribution in [-0.2, 0) is 14.4 Å². The summed E-state index contributed by atoms with van der Waals surface area (Å²) >= 11 is 0. The van der Waals surface area contributed by atoms with E-state index < -0.39 is 17.9 Å². The normalized spacial score (nSPS) is 6.59. The maximum atomic E-state index is 9.60. The molecule has 0 atom stereocenters. The van der Waals surface area contributed by atoms with Crippen LogP contribution in [0.2, 0.25) is 0 Å². The molecule has 0 radical (unpaired) electrons. The summed E-state index contributed by atoms with van der Waals surface area (Å²) in [6.45, 7) is 23.8. The standard InChI is InChI=1S/3C4H6O2.C2H6.C2H4/c3*1-3(2)4(5)6;2*1-2/h3*1H2,2H3,(H,5,6);1-2H3;1-2H2. The van der Waals surface area contributed by atoms with E-state index in [1.807, 2.05) is 13.8 Å². The molecule has 0 spiro atoms. The zero-order chi connectivity index (χ0) is 19.5. The average molecular weight is 316 g/mol. The van der Waals surface area contributed by atoms with Gasteiger partial charge in [-0.05, 0) is 20.8 Å². The van der Waals surface area contributed by atoms with Crippen LogP contribution in [0.5, 0.6) is 0 Å². The number of hydrogen-bond acceptors (Lipinski definition) is 3. The summed E-state index contributed by atoms with van der Waals surface area (Å²) < 4.78 is 0. The van der Waals surface area contributed by atoms with Gasteiger partial charge in [0.15, 0.2) is 0 Å². The van der Waals surface area contributed by atoms with Crippen molar-refractivity contribution in [2.24, 2.45) is 0 Å². The number of rotatable bonds is 3. The Kier molecular flexibility index (Phi) is 33.8. The van der Waals surface area contributed by atoms with E-state index >= 15 is 0 Å². The first-order chi connectivity index (χ1) is 9.93. The predicted octanol–water partition coefficient (Wildman–Crippen LogP) is 3.77. The minimum Gasteiger partial charge on any atom is -0.478 e. The van der Waals surface area contributed by atoms with Crippen LogP contribution < -0.4 is 0 Å². The maximum Gasteiger partial charge on any atom is 0.330 e. The summed E-state index contributed by atoms with van der Waals surface area (Å²) in [6.07, 6.45) is 0. The lowest BCUT2D eigenvalue weighted by molar-refractivity contribution is -0.133. The molecule has 0 aromatic heterocycles.